The Balaban J connectivity index is 2.18. The summed E-state index contributed by atoms with van der Waals surface area (Å²) < 4.78 is 48.5. The molecule has 0 unspecified atom stereocenters. The molecule has 0 spiro atoms. The van der Waals surface area contributed by atoms with Crippen molar-refractivity contribution in [2.24, 2.45) is 10.7 Å². The van der Waals surface area contributed by atoms with Gasteiger partial charge in [-0.1, -0.05) is 6.07 Å². The molecule has 1 aromatic carbocycles. The van der Waals surface area contributed by atoms with Crippen LogP contribution in [0.25, 0.3) is 11.1 Å². The monoisotopic (exact) mass is 336 g/mol. The molecule has 0 fully saturated rings. The maximum atomic E-state index is 14.6. The van der Waals surface area contributed by atoms with Gasteiger partial charge in [0, 0.05) is 23.5 Å². The maximum Gasteiger partial charge on any atom is 0.299 e. The zero-order valence-corrected chi connectivity index (χ0v) is 12.8. The molecule has 0 amide bonds. The predicted molar refractivity (Wildman–Crippen MR) is 82.2 cm³/mol. The van der Waals surface area contributed by atoms with Crippen molar-refractivity contribution in [3.8, 4) is 11.1 Å². The summed E-state index contributed by atoms with van der Waals surface area (Å²) in [6.45, 7) is 0.0308. The smallest absolute Gasteiger partial charge is 0.299 e. The minimum absolute atomic E-state index is 0.109. The second-order valence-corrected chi connectivity index (χ2v) is 5.69. The SMILES string of the molecule is C[C@]1(c2cc(-c3cncnc3)ccc2F)N=C(N)COCC1(F)F. The first-order valence-corrected chi connectivity index (χ1v) is 7.19. The van der Waals surface area contributed by atoms with Crippen molar-refractivity contribution >= 4 is 5.84 Å². The van der Waals surface area contributed by atoms with E-state index >= 15 is 0 Å². The molecule has 1 aromatic heterocycles. The fourth-order valence-electron chi connectivity index (χ4n) is 2.61. The van der Waals surface area contributed by atoms with Gasteiger partial charge in [0.2, 0.25) is 0 Å². The van der Waals surface area contributed by atoms with Gasteiger partial charge in [0.05, 0.1) is 0 Å². The number of nitrogens with two attached hydrogens (primary N) is 1. The molecule has 24 heavy (non-hydrogen) atoms. The molecule has 0 saturated carbocycles. The van der Waals surface area contributed by atoms with Crippen molar-refractivity contribution in [1.29, 1.82) is 0 Å². The largest absolute Gasteiger partial charge is 0.385 e. The Kier molecular flexibility index (Phi) is 4.00. The quantitative estimate of drug-likeness (QED) is 0.914. The van der Waals surface area contributed by atoms with Crippen LogP contribution in [0.15, 0.2) is 41.9 Å². The summed E-state index contributed by atoms with van der Waals surface area (Å²) in [7, 11) is 0. The fourth-order valence-corrected chi connectivity index (χ4v) is 2.61. The second-order valence-electron chi connectivity index (χ2n) is 5.69. The minimum Gasteiger partial charge on any atom is -0.385 e. The van der Waals surface area contributed by atoms with Gasteiger partial charge in [-0.05, 0) is 24.6 Å². The van der Waals surface area contributed by atoms with Crippen LogP contribution in [0.1, 0.15) is 12.5 Å². The lowest BCUT2D eigenvalue weighted by molar-refractivity contribution is -0.116. The first-order valence-electron chi connectivity index (χ1n) is 7.19. The topological polar surface area (TPSA) is 73.4 Å². The molecule has 3 rings (SSSR count). The second kappa shape index (κ2) is 5.86. The van der Waals surface area contributed by atoms with Crippen LogP contribution in [-0.4, -0.2) is 34.9 Å². The average molecular weight is 336 g/mol. The van der Waals surface area contributed by atoms with E-state index in [-0.39, 0.29) is 18.0 Å². The molecule has 0 radical (unpaired) electrons. The lowest BCUT2D eigenvalue weighted by Gasteiger charge is -2.33. The molecule has 1 atom stereocenters. The van der Waals surface area contributed by atoms with E-state index < -0.39 is 23.9 Å². The minimum atomic E-state index is -3.43. The van der Waals surface area contributed by atoms with E-state index in [2.05, 4.69) is 15.0 Å². The number of hydrogen-bond donors (Lipinski definition) is 1. The van der Waals surface area contributed by atoms with Crippen LogP contribution in [0.4, 0.5) is 13.2 Å². The van der Waals surface area contributed by atoms with Gasteiger partial charge in [0.1, 0.15) is 31.2 Å². The number of alkyl halides is 2. The molecule has 2 heterocycles. The molecular weight excluding hydrogens is 321 g/mol. The molecule has 1 aliphatic rings. The van der Waals surface area contributed by atoms with Crippen LogP contribution in [0.3, 0.4) is 0 Å². The zero-order chi connectivity index (χ0) is 17.4. The third kappa shape index (κ3) is 2.73. The van der Waals surface area contributed by atoms with Crippen molar-refractivity contribution < 1.29 is 17.9 Å². The number of benzene rings is 1. The lowest BCUT2D eigenvalue weighted by Crippen LogP contribution is -2.45. The highest BCUT2D eigenvalue weighted by atomic mass is 19.3. The average Bonchev–Trinajstić information content (AvgIpc) is 2.65. The Morgan fingerprint density at radius 3 is 2.58 bits per heavy atom. The van der Waals surface area contributed by atoms with E-state index in [1.54, 1.807) is 0 Å². The van der Waals surface area contributed by atoms with Crippen molar-refractivity contribution in [2.75, 3.05) is 13.2 Å². The van der Waals surface area contributed by atoms with Crippen LogP contribution in [0.5, 0.6) is 0 Å². The Hall–Kier alpha value is -2.48. The Bertz CT molecular complexity index is 782. The number of aliphatic imine (C=N–C) groups is 1. The van der Waals surface area contributed by atoms with Crippen LogP contribution in [0.2, 0.25) is 0 Å². The van der Waals surface area contributed by atoms with Gasteiger partial charge in [0.15, 0.2) is 5.54 Å². The van der Waals surface area contributed by atoms with Crippen molar-refractivity contribution in [3.63, 3.8) is 0 Å². The summed E-state index contributed by atoms with van der Waals surface area (Å²) in [5.41, 5.74) is 4.26. The number of rotatable bonds is 2. The lowest BCUT2D eigenvalue weighted by atomic mass is 9.84. The highest BCUT2D eigenvalue weighted by Gasteiger charge is 2.54. The molecule has 0 saturated heterocycles. The first kappa shape index (κ1) is 16.4. The maximum absolute atomic E-state index is 14.6. The predicted octanol–water partition coefficient (Wildman–Crippen LogP) is 2.52. The van der Waals surface area contributed by atoms with E-state index in [4.69, 9.17) is 10.5 Å². The number of aromatic nitrogens is 2. The van der Waals surface area contributed by atoms with Gasteiger partial charge in [-0.2, -0.15) is 0 Å². The third-order valence-electron chi connectivity index (χ3n) is 4.00. The van der Waals surface area contributed by atoms with Crippen LogP contribution < -0.4 is 5.73 Å². The Morgan fingerprint density at radius 2 is 1.88 bits per heavy atom. The van der Waals surface area contributed by atoms with Gasteiger partial charge in [-0.15, -0.1) is 0 Å². The van der Waals surface area contributed by atoms with Crippen LogP contribution >= 0.6 is 0 Å². The van der Waals surface area contributed by atoms with Crippen molar-refractivity contribution in [1.82, 2.24) is 9.97 Å². The van der Waals surface area contributed by atoms with Crippen molar-refractivity contribution in [3.05, 3.63) is 48.3 Å². The Labute approximate surface area is 136 Å². The molecule has 1 aliphatic heterocycles. The van der Waals surface area contributed by atoms with E-state index in [1.165, 1.54) is 30.9 Å². The summed E-state index contributed by atoms with van der Waals surface area (Å²) >= 11 is 0. The summed E-state index contributed by atoms with van der Waals surface area (Å²) in [5, 5.41) is 0. The van der Waals surface area contributed by atoms with E-state index in [9.17, 15) is 13.2 Å². The fraction of sp³-hybridized carbons (Fsp3) is 0.312. The van der Waals surface area contributed by atoms with E-state index in [0.717, 1.165) is 13.0 Å². The van der Waals surface area contributed by atoms with Crippen LogP contribution in [0, 0.1) is 5.82 Å². The third-order valence-corrected chi connectivity index (χ3v) is 4.00. The van der Waals surface area contributed by atoms with E-state index in [0.29, 0.717) is 11.1 Å². The summed E-state index contributed by atoms with van der Waals surface area (Å²) in [6, 6.07) is 3.92. The van der Waals surface area contributed by atoms with Gasteiger partial charge in [-0.25, -0.2) is 23.1 Å². The number of ether oxygens (including phenoxy) is 1. The summed E-state index contributed by atoms with van der Waals surface area (Å²) in [5.74, 6) is -4.33. The van der Waals surface area contributed by atoms with Crippen molar-refractivity contribution in [2.45, 2.75) is 18.4 Å². The molecule has 0 aliphatic carbocycles. The molecule has 126 valence electrons. The van der Waals surface area contributed by atoms with Gasteiger partial charge in [-0.3, -0.25) is 4.99 Å². The normalized spacial score (nSPS) is 23.4. The number of hydrogen-bond acceptors (Lipinski definition) is 5. The van der Waals surface area contributed by atoms with Gasteiger partial charge >= 0.3 is 0 Å². The Morgan fingerprint density at radius 1 is 1.17 bits per heavy atom. The highest BCUT2D eigenvalue weighted by Crippen LogP contribution is 2.44. The summed E-state index contributed by atoms with van der Waals surface area (Å²) in [4.78, 5) is 11.6. The molecule has 2 N–H and O–H groups in total. The molecule has 5 nitrogen and oxygen atoms in total. The number of amidine groups is 1. The molecule has 0 bridgehead atoms. The number of nitrogens with zero attached hydrogens (tertiary/aromatic N) is 3. The molecule has 8 heteroatoms. The zero-order valence-electron chi connectivity index (χ0n) is 12.8. The van der Waals surface area contributed by atoms with Crippen LogP contribution in [-0.2, 0) is 10.3 Å². The molecular formula is C16H15F3N4O. The molecule has 2 aromatic rings. The first-order chi connectivity index (χ1) is 11.3. The highest BCUT2D eigenvalue weighted by molar-refractivity contribution is 5.82. The van der Waals surface area contributed by atoms with Gasteiger partial charge < -0.3 is 10.5 Å². The number of halogens is 3. The van der Waals surface area contributed by atoms with Gasteiger partial charge in [0.25, 0.3) is 5.92 Å². The van der Waals surface area contributed by atoms with E-state index in [1.807, 2.05) is 0 Å². The summed E-state index contributed by atoms with van der Waals surface area (Å²) in [6.07, 6.45) is 4.37. The standard InChI is InChI=1S/C16H15F3N4O/c1-15(16(18,19)8-24-7-14(20)23-15)12-4-10(2-3-13(12)17)11-5-21-9-22-6-11/h2-6,9H,7-8H2,1H3,(H2,20,23)/t15-/m1/s1.